The summed E-state index contributed by atoms with van der Waals surface area (Å²) in [7, 11) is 2.06. The number of benzene rings is 1. The lowest BCUT2D eigenvalue weighted by molar-refractivity contribution is 0.338. The van der Waals surface area contributed by atoms with Crippen LogP contribution in [0.25, 0.3) is 10.9 Å². The molecule has 0 bridgehead atoms. The second-order valence-electron chi connectivity index (χ2n) is 3.48. The summed E-state index contributed by atoms with van der Waals surface area (Å²) in [6.07, 6.45) is 2.08. The van der Waals surface area contributed by atoms with Crippen molar-refractivity contribution in [1.29, 1.82) is 0 Å². The Kier molecular flexibility index (Phi) is 2.20. The van der Waals surface area contributed by atoms with Gasteiger partial charge in [0.05, 0.1) is 6.61 Å². The second-order valence-corrected chi connectivity index (χ2v) is 3.48. The van der Waals surface area contributed by atoms with E-state index in [9.17, 15) is 0 Å². The quantitative estimate of drug-likeness (QED) is 0.708. The molecule has 0 amide bonds. The molecule has 2 nitrogen and oxygen atoms in total. The lowest BCUT2D eigenvalue weighted by Gasteiger charge is -2.08. The molecule has 0 aliphatic carbocycles. The molecule has 1 aromatic heterocycles. The summed E-state index contributed by atoms with van der Waals surface area (Å²) in [6.45, 7) is 4.83. The van der Waals surface area contributed by atoms with Crippen LogP contribution in [-0.2, 0) is 7.05 Å². The molecule has 1 aromatic carbocycles. The highest BCUT2D eigenvalue weighted by Gasteiger charge is 2.05. The number of hydrogen-bond acceptors (Lipinski definition) is 1. The van der Waals surface area contributed by atoms with E-state index in [-0.39, 0.29) is 0 Å². The maximum Gasteiger partial charge on any atom is 0.122 e. The van der Waals surface area contributed by atoms with E-state index in [4.69, 9.17) is 4.74 Å². The fraction of sp³-hybridized carbons (Fsp3) is 0.333. The van der Waals surface area contributed by atoms with E-state index < -0.39 is 0 Å². The molecule has 0 fully saturated rings. The Balaban J connectivity index is 2.63. The van der Waals surface area contributed by atoms with Crippen LogP contribution in [0.4, 0.5) is 0 Å². The number of fused-ring (bicyclic) bond motifs is 1. The van der Waals surface area contributed by atoms with Crippen LogP contribution in [0.1, 0.15) is 12.5 Å². The average Bonchev–Trinajstić information content (AvgIpc) is 2.54. The van der Waals surface area contributed by atoms with E-state index in [1.54, 1.807) is 0 Å². The maximum atomic E-state index is 5.54. The van der Waals surface area contributed by atoms with Crippen molar-refractivity contribution in [2.75, 3.05) is 6.61 Å². The zero-order chi connectivity index (χ0) is 10.1. The third-order valence-corrected chi connectivity index (χ3v) is 2.59. The van der Waals surface area contributed by atoms with Gasteiger partial charge in [0.25, 0.3) is 0 Å². The van der Waals surface area contributed by atoms with Gasteiger partial charge in [0, 0.05) is 29.7 Å². The van der Waals surface area contributed by atoms with Crippen LogP contribution < -0.4 is 4.74 Å². The van der Waals surface area contributed by atoms with E-state index in [0.717, 1.165) is 12.4 Å². The van der Waals surface area contributed by atoms with Gasteiger partial charge >= 0.3 is 0 Å². The number of ether oxygens (including phenoxy) is 1. The zero-order valence-electron chi connectivity index (χ0n) is 8.87. The molecule has 2 rings (SSSR count). The first kappa shape index (κ1) is 9.13. The van der Waals surface area contributed by atoms with Gasteiger partial charge in [0.15, 0.2) is 0 Å². The highest BCUT2D eigenvalue weighted by molar-refractivity contribution is 5.85. The smallest absolute Gasteiger partial charge is 0.122 e. The summed E-state index contributed by atoms with van der Waals surface area (Å²) >= 11 is 0. The van der Waals surface area contributed by atoms with E-state index in [1.807, 2.05) is 13.0 Å². The summed E-state index contributed by atoms with van der Waals surface area (Å²) in [6, 6.07) is 6.28. The van der Waals surface area contributed by atoms with Crippen LogP contribution in [0.15, 0.2) is 24.4 Å². The standard InChI is InChI=1S/C12H15NO/c1-4-14-12-6-5-11-10(9(12)2)7-8-13(11)3/h5-8H,4H2,1-3H3. The average molecular weight is 189 g/mol. The van der Waals surface area contributed by atoms with Gasteiger partial charge in [-0.25, -0.2) is 0 Å². The largest absolute Gasteiger partial charge is 0.494 e. The highest BCUT2D eigenvalue weighted by Crippen LogP contribution is 2.27. The molecule has 0 atom stereocenters. The summed E-state index contributed by atoms with van der Waals surface area (Å²) in [5.74, 6) is 0.992. The first-order chi connectivity index (χ1) is 6.74. The fourth-order valence-corrected chi connectivity index (χ4v) is 1.79. The summed E-state index contributed by atoms with van der Waals surface area (Å²) in [5.41, 5.74) is 2.48. The van der Waals surface area contributed by atoms with E-state index in [0.29, 0.717) is 0 Å². The molecule has 0 N–H and O–H groups in total. The Bertz CT molecular complexity index is 457. The van der Waals surface area contributed by atoms with Crippen molar-refractivity contribution >= 4 is 10.9 Å². The first-order valence-electron chi connectivity index (χ1n) is 4.91. The molecule has 2 aromatic rings. The summed E-state index contributed by atoms with van der Waals surface area (Å²) in [5, 5.41) is 1.28. The van der Waals surface area contributed by atoms with E-state index in [2.05, 4.69) is 36.9 Å². The molecule has 0 saturated heterocycles. The first-order valence-corrected chi connectivity index (χ1v) is 4.91. The van der Waals surface area contributed by atoms with E-state index >= 15 is 0 Å². The van der Waals surface area contributed by atoms with Crippen LogP contribution in [0.3, 0.4) is 0 Å². The Hall–Kier alpha value is -1.44. The highest BCUT2D eigenvalue weighted by atomic mass is 16.5. The molecule has 74 valence electrons. The van der Waals surface area contributed by atoms with Gasteiger partial charge in [-0.3, -0.25) is 0 Å². The Morgan fingerprint density at radius 2 is 2.07 bits per heavy atom. The molecule has 0 radical (unpaired) electrons. The molecular formula is C12H15NO. The monoisotopic (exact) mass is 189 g/mol. The number of rotatable bonds is 2. The molecule has 0 aliphatic rings. The second kappa shape index (κ2) is 3.37. The van der Waals surface area contributed by atoms with Crippen molar-refractivity contribution in [2.45, 2.75) is 13.8 Å². The minimum atomic E-state index is 0.721. The van der Waals surface area contributed by atoms with Gasteiger partial charge in [-0.05, 0) is 32.0 Å². The molecule has 0 spiro atoms. The van der Waals surface area contributed by atoms with Crippen LogP contribution >= 0.6 is 0 Å². The van der Waals surface area contributed by atoms with Crippen LogP contribution in [0, 0.1) is 6.92 Å². The Morgan fingerprint density at radius 1 is 1.29 bits per heavy atom. The predicted octanol–water partition coefficient (Wildman–Crippen LogP) is 2.89. The Labute approximate surface area is 84.1 Å². The zero-order valence-corrected chi connectivity index (χ0v) is 8.87. The van der Waals surface area contributed by atoms with E-state index in [1.165, 1.54) is 16.5 Å². The lowest BCUT2D eigenvalue weighted by atomic mass is 10.1. The van der Waals surface area contributed by atoms with Crippen molar-refractivity contribution in [2.24, 2.45) is 7.05 Å². The van der Waals surface area contributed by atoms with Crippen LogP contribution in [-0.4, -0.2) is 11.2 Å². The van der Waals surface area contributed by atoms with Gasteiger partial charge in [-0.15, -0.1) is 0 Å². The van der Waals surface area contributed by atoms with Gasteiger partial charge < -0.3 is 9.30 Å². The van der Waals surface area contributed by atoms with Crippen molar-refractivity contribution in [3.05, 3.63) is 30.0 Å². The van der Waals surface area contributed by atoms with Crippen molar-refractivity contribution in [3.8, 4) is 5.75 Å². The molecule has 0 unspecified atom stereocenters. The summed E-state index contributed by atoms with van der Waals surface area (Å²) in [4.78, 5) is 0. The van der Waals surface area contributed by atoms with Crippen molar-refractivity contribution in [3.63, 3.8) is 0 Å². The third-order valence-electron chi connectivity index (χ3n) is 2.59. The van der Waals surface area contributed by atoms with Gasteiger partial charge in [0.2, 0.25) is 0 Å². The predicted molar refractivity (Wildman–Crippen MR) is 58.8 cm³/mol. The number of aryl methyl sites for hydroxylation is 2. The fourth-order valence-electron chi connectivity index (χ4n) is 1.79. The van der Waals surface area contributed by atoms with Crippen molar-refractivity contribution in [1.82, 2.24) is 4.57 Å². The third kappa shape index (κ3) is 1.27. The van der Waals surface area contributed by atoms with Gasteiger partial charge in [-0.2, -0.15) is 0 Å². The SMILES string of the molecule is CCOc1ccc2c(ccn2C)c1C. The van der Waals surface area contributed by atoms with Crippen LogP contribution in [0.5, 0.6) is 5.75 Å². The van der Waals surface area contributed by atoms with Gasteiger partial charge in [-0.1, -0.05) is 0 Å². The topological polar surface area (TPSA) is 14.2 Å². The normalized spacial score (nSPS) is 10.8. The minimum Gasteiger partial charge on any atom is -0.494 e. The number of nitrogens with zero attached hydrogens (tertiary/aromatic N) is 1. The summed E-state index contributed by atoms with van der Waals surface area (Å²) < 4.78 is 7.67. The molecule has 1 heterocycles. The molecule has 0 aliphatic heterocycles. The molecular weight excluding hydrogens is 174 g/mol. The number of aromatic nitrogens is 1. The molecule has 2 heteroatoms. The number of hydrogen-bond donors (Lipinski definition) is 0. The van der Waals surface area contributed by atoms with Crippen LogP contribution in [0.2, 0.25) is 0 Å². The van der Waals surface area contributed by atoms with Crippen molar-refractivity contribution < 1.29 is 4.74 Å². The Morgan fingerprint density at radius 3 is 2.79 bits per heavy atom. The van der Waals surface area contributed by atoms with Gasteiger partial charge in [0.1, 0.15) is 5.75 Å². The maximum absolute atomic E-state index is 5.54. The molecule has 14 heavy (non-hydrogen) atoms. The molecule has 0 saturated carbocycles. The minimum absolute atomic E-state index is 0.721. The lowest BCUT2D eigenvalue weighted by Crippen LogP contribution is -1.94.